The highest BCUT2D eigenvalue weighted by Crippen LogP contribution is 2.42. The van der Waals surface area contributed by atoms with E-state index >= 15 is 0 Å². The lowest BCUT2D eigenvalue weighted by molar-refractivity contribution is -0.0734. The van der Waals surface area contributed by atoms with E-state index in [1.54, 1.807) is 11.0 Å². The summed E-state index contributed by atoms with van der Waals surface area (Å²) in [5, 5.41) is 10.4. The van der Waals surface area contributed by atoms with Gasteiger partial charge in [0, 0.05) is 49.2 Å². The number of piperazine rings is 1. The van der Waals surface area contributed by atoms with Crippen LogP contribution in [-0.2, 0) is 16.9 Å². The average Bonchev–Trinajstić information content (AvgIpc) is 3.83. The van der Waals surface area contributed by atoms with Crippen molar-refractivity contribution in [3.63, 3.8) is 0 Å². The maximum absolute atomic E-state index is 14.9. The highest BCUT2D eigenvalue weighted by atomic mass is 19.1. The summed E-state index contributed by atoms with van der Waals surface area (Å²) in [6.45, 7) is 4.03. The van der Waals surface area contributed by atoms with Gasteiger partial charge in [0.1, 0.15) is 48.6 Å². The van der Waals surface area contributed by atoms with E-state index in [-0.39, 0.29) is 18.3 Å². The average molecular weight is 615 g/mol. The van der Waals surface area contributed by atoms with Gasteiger partial charge in [0.2, 0.25) is 0 Å². The Bertz CT molecular complexity index is 1780. The lowest BCUT2D eigenvalue weighted by atomic mass is 9.90. The summed E-state index contributed by atoms with van der Waals surface area (Å²) < 4.78 is 44.2. The van der Waals surface area contributed by atoms with Gasteiger partial charge in [0.15, 0.2) is 0 Å². The minimum absolute atomic E-state index is 0.256. The summed E-state index contributed by atoms with van der Waals surface area (Å²) in [6, 6.07) is 19.5. The van der Waals surface area contributed by atoms with Crippen LogP contribution in [0.25, 0.3) is 5.69 Å². The Morgan fingerprint density at radius 3 is 2.22 bits per heavy atom. The molecule has 0 radical (unpaired) electrons. The summed E-state index contributed by atoms with van der Waals surface area (Å²) in [5.74, 6) is -0.555. The predicted octanol–water partition coefficient (Wildman–Crippen LogP) is 3.91. The first-order chi connectivity index (χ1) is 22.0. The summed E-state index contributed by atoms with van der Waals surface area (Å²) >= 11 is 0. The largest absolute Gasteiger partial charge is 0.491 e. The van der Waals surface area contributed by atoms with E-state index in [1.165, 1.54) is 29.4 Å². The van der Waals surface area contributed by atoms with Gasteiger partial charge in [-0.1, -0.05) is 6.07 Å². The van der Waals surface area contributed by atoms with Crippen LogP contribution < -0.4 is 20.2 Å². The minimum atomic E-state index is -1.01. The molecule has 11 nitrogen and oxygen atoms in total. The van der Waals surface area contributed by atoms with Gasteiger partial charge in [0.05, 0.1) is 18.3 Å². The van der Waals surface area contributed by atoms with Gasteiger partial charge in [-0.15, -0.1) is 0 Å². The molecular weight excluding hydrogens is 582 g/mol. The number of hydrogen-bond acceptors (Lipinski definition) is 8. The van der Waals surface area contributed by atoms with Crippen LogP contribution in [0.1, 0.15) is 18.4 Å². The molecule has 0 spiro atoms. The Morgan fingerprint density at radius 1 is 0.911 bits per heavy atom. The number of H-pyrrole nitrogens is 1. The minimum Gasteiger partial charge on any atom is -0.491 e. The van der Waals surface area contributed by atoms with Crippen molar-refractivity contribution in [1.29, 1.82) is 0 Å². The van der Waals surface area contributed by atoms with Gasteiger partial charge < -0.3 is 19.3 Å². The summed E-state index contributed by atoms with van der Waals surface area (Å²) in [4.78, 5) is 20.5. The molecule has 2 aromatic heterocycles. The Balaban J connectivity index is 0.936. The second-order valence-corrected chi connectivity index (χ2v) is 11.3. The maximum atomic E-state index is 14.9. The van der Waals surface area contributed by atoms with Gasteiger partial charge in [-0.05, 0) is 67.4 Å². The molecule has 2 saturated heterocycles. The van der Waals surface area contributed by atoms with Crippen LogP contribution in [0.15, 0.2) is 90.5 Å². The summed E-state index contributed by atoms with van der Waals surface area (Å²) in [7, 11) is 0. The quantitative estimate of drug-likeness (QED) is 0.267. The van der Waals surface area contributed by atoms with Gasteiger partial charge >= 0.3 is 5.69 Å². The predicted molar refractivity (Wildman–Crippen MR) is 163 cm³/mol. The summed E-state index contributed by atoms with van der Waals surface area (Å²) in [5.41, 5.74) is 2.03. The molecule has 2 fully saturated rings. The van der Waals surface area contributed by atoms with Crippen LogP contribution >= 0.6 is 0 Å². The van der Waals surface area contributed by atoms with E-state index < -0.39 is 17.2 Å². The van der Waals surface area contributed by atoms with E-state index in [9.17, 15) is 13.6 Å². The number of anilines is 2. The monoisotopic (exact) mass is 614 g/mol. The zero-order valence-corrected chi connectivity index (χ0v) is 24.4. The van der Waals surface area contributed by atoms with Crippen molar-refractivity contribution in [3.8, 4) is 11.4 Å². The van der Waals surface area contributed by atoms with E-state index in [0.29, 0.717) is 25.0 Å². The van der Waals surface area contributed by atoms with E-state index in [4.69, 9.17) is 9.47 Å². The Morgan fingerprint density at radius 2 is 1.60 bits per heavy atom. The van der Waals surface area contributed by atoms with Gasteiger partial charge in [0.25, 0.3) is 0 Å². The fraction of sp³-hybridized carbons (Fsp3) is 0.312. The molecule has 2 aliphatic rings. The first-order valence-electron chi connectivity index (χ1n) is 14.9. The smallest absolute Gasteiger partial charge is 0.347 e. The Hall–Kier alpha value is -5.04. The Kier molecular flexibility index (Phi) is 7.76. The maximum Gasteiger partial charge on any atom is 0.347 e. The van der Waals surface area contributed by atoms with Crippen LogP contribution in [0.5, 0.6) is 5.75 Å². The number of halogens is 2. The standard InChI is InChI=1S/C32H32F2N8O3/c33-23-1-10-29(30(34)17-23)32(19-41-21-35-20-37-41)12-11-28(45-32)18-44-27-8-6-25(7-9-27)40-15-13-39(14-16-40)24-2-4-26(5-3-24)42-22-36-38-31(42)43/h1-10,17,20-22,28H,11-16,18-19H2,(H,38,43)/t28-,32+/m1/s1. The molecule has 0 saturated carbocycles. The number of benzene rings is 3. The number of nitrogens with zero attached hydrogens (tertiary/aromatic N) is 7. The number of rotatable bonds is 9. The Labute approximate surface area is 257 Å². The molecule has 0 amide bonds. The molecule has 4 heterocycles. The molecule has 0 unspecified atom stereocenters. The van der Waals surface area contributed by atoms with Crippen LogP contribution in [0, 0.1) is 11.6 Å². The molecule has 45 heavy (non-hydrogen) atoms. The fourth-order valence-electron chi connectivity index (χ4n) is 6.20. The van der Waals surface area contributed by atoms with Gasteiger partial charge in [-0.3, -0.25) is 0 Å². The van der Waals surface area contributed by atoms with Crippen LogP contribution in [0.4, 0.5) is 20.2 Å². The zero-order valence-electron chi connectivity index (χ0n) is 24.4. The lowest BCUT2D eigenvalue weighted by Gasteiger charge is -2.37. The molecule has 0 aliphatic carbocycles. The van der Waals surface area contributed by atoms with Crippen molar-refractivity contribution in [2.24, 2.45) is 0 Å². The molecule has 232 valence electrons. The van der Waals surface area contributed by atoms with E-state index in [2.05, 4.69) is 42.2 Å². The molecule has 7 rings (SSSR count). The number of nitrogens with one attached hydrogen (secondary N) is 1. The van der Waals surface area contributed by atoms with Gasteiger partial charge in [-0.25, -0.2) is 32.9 Å². The van der Waals surface area contributed by atoms with Crippen molar-refractivity contribution in [3.05, 3.63) is 113 Å². The topological polar surface area (TPSA) is 106 Å². The van der Waals surface area contributed by atoms with Crippen molar-refractivity contribution in [2.75, 3.05) is 42.6 Å². The van der Waals surface area contributed by atoms with Gasteiger partial charge in [-0.2, -0.15) is 10.2 Å². The van der Waals surface area contributed by atoms with Crippen LogP contribution in [-0.4, -0.2) is 68.4 Å². The molecule has 0 bridgehead atoms. The van der Waals surface area contributed by atoms with Crippen LogP contribution in [0.2, 0.25) is 0 Å². The number of ether oxygens (including phenoxy) is 2. The third kappa shape index (κ3) is 6.03. The highest BCUT2D eigenvalue weighted by molar-refractivity contribution is 5.54. The SMILES string of the molecule is O=c1[nH]ncn1-c1ccc(N2CCN(c3ccc(OC[C@H]4CC[C@](Cn5cncn5)(c5ccc(F)cc5F)O4)cc3)CC2)cc1. The van der Waals surface area contributed by atoms with E-state index in [0.717, 1.165) is 55.1 Å². The highest BCUT2D eigenvalue weighted by Gasteiger charge is 2.44. The number of hydrogen-bond donors (Lipinski definition) is 1. The zero-order chi connectivity index (χ0) is 30.8. The second-order valence-electron chi connectivity index (χ2n) is 11.3. The van der Waals surface area contributed by atoms with Crippen molar-refractivity contribution in [2.45, 2.75) is 31.1 Å². The first kappa shape index (κ1) is 28.7. The molecule has 5 aromatic rings. The number of aromatic nitrogens is 6. The summed E-state index contributed by atoms with van der Waals surface area (Å²) in [6.07, 6.45) is 5.35. The molecule has 1 N–H and O–H groups in total. The number of aromatic amines is 1. The lowest BCUT2D eigenvalue weighted by Crippen LogP contribution is -2.46. The van der Waals surface area contributed by atoms with E-state index in [1.807, 2.05) is 36.4 Å². The first-order valence-corrected chi connectivity index (χ1v) is 14.9. The van der Waals surface area contributed by atoms with Crippen molar-refractivity contribution < 1.29 is 18.3 Å². The molecule has 2 atom stereocenters. The normalized spacial score (nSPS) is 20.1. The molecular formula is C32H32F2N8O3. The van der Waals surface area contributed by atoms with Crippen molar-refractivity contribution in [1.82, 2.24) is 29.5 Å². The third-order valence-corrected chi connectivity index (χ3v) is 8.53. The third-order valence-electron chi connectivity index (χ3n) is 8.53. The van der Waals surface area contributed by atoms with Crippen LogP contribution in [0.3, 0.4) is 0 Å². The molecule has 13 heteroatoms. The molecule has 2 aliphatic heterocycles. The molecule has 3 aromatic carbocycles. The fourth-order valence-corrected chi connectivity index (χ4v) is 6.20. The second kappa shape index (κ2) is 12.2. The van der Waals surface area contributed by atoms with Crippen molar-refractivity contribution >= 4 is 11.4 Å².